The number of ketones is 1. The van der Waals surface area contributed by atoms with E-state index in [9.17, 15) is 9.59 Å². The molecule has 0 radical (unpaired) electrons. The summed E-state index contributed by atoms with van der Waals surface area (Å²) in [5.41, 5.74) is 1.50. The molecule has 20 heavy (non-hydrogen) atoms. The number of carbonyl (C=O) groups is 2. The lowest BCUT2D eigenvalue weighted by molar-refractivity contribution is 0.0843. The molecule has 0 unspecified atom stereocenters. The van der Waals surface area contributed by atoms with Crippen molar-refractivity contribution >= 4 is 11.9 Å². The molecule has 0 heterocycles. The Hall–Kier alpha value is -2.62. The molecule has 0 fully saturated rings. The van der Waals surface area contributed by atoms with Gasteiger partial charge in [0, 0.05) is 12.1 Å². The molecule has 102 valence electrons. The SMILES string of the molecule is O=C(NCc1ccccc1)OCC(=O)c1ccccc1. The van der Waals surface area contributed by atoms with Gasteiger partial charge in [-0.2, -0.15) is 0 Å². The molecular weight excluding hydrogens is 254 g/mol. The second-order valence-corrected chi connectivity index (χ2v) is 4.20. The molecule has 0 bridgehead atoms. The second kappa shape index (κ2) is 7.09. The van der Waals surface area contributed by atoms with E-state index in [2.05, 4.69) is 5.32 Å². The van der Waals surface area contributed by atoms with Gasteiger partial charge in [-0.25, -0.2) is 4.79 Å². The molecule has 2 aromatic carbocycles. The zero-order valence-electron chi connectivity index (χ0n) is 10.9. The number of amides is 1. The molecule has 1 N–H and O–H groups in total. The maximum atomic E-state index is 11.7. The van der Waals surface area contributed by atoms with Crippen LogP contribution < -0.4 is 5.32 Å². The largest absolute Gasteiger partial charge is 0.441 e. The van der Waals surface area contributed by atoms with E-state index in [1.807, 2.05) is 36.4 Å². The fourth-order valence-electron chi connectivity index (χ4n) is 1.66. The van der Waals surface area contributed by atoms with Crippen LogP contribution in [0.3, 0.4) is 0 Å². The van der Waals surface area contributed by atoms with Gasteiger partial charge in [-0.05, 0) is 5.56 Å². The van der Waals surface area contributed by atoms with Crippen LogP contribution in [0.25, 0.3) is 0 Å². The Labute approximate surface area is 117 Å². The Balaban J connectivity index is 1.74. The normalized spacial score (nSPS) is 9.80. The van der Waals surface area contributed by atoms with E-state index in [0.29, 0.717) is 12.1 Å². The van der Waals surface area contributed by atoms with Gasteiger partial charge in [0.1, 0.15) is 0 Å². The lowest BCUT2D eigenvalue weighted by Gasteiger charge is -2.06. The molecule has 0 saturated heterocycles. The summed E-state index contributed by atoms with van der Waals surface area (Å²) < 4.78 is 4.88. The molecule has 0 aliphatic rings. The van der Waals surface area contributed by atoms with Gasteiger partial charge in [-0.1, -0.05) is 60.7 Å². The zero-order valence-corrected chi connectivity index (χ0v) is 10.9. The fourth-order valence-corrected chi connectivity index (χ4v) is 1.66. The van der Waals surface area contributed by atoms with Crippen LogP contribution in [0.2, 0.25) is 0 Å². The smallest absolute Gasteiger partial charge is 0.407 e. The number of rotatable bonds is 5. The van der Waals surface area contributed by atoms with Crippen LogP contribution in [0.15, 0.2) is 60.7 Å². The minimum absolute atomic E-state index is 0.222. The first-order chi connectivity index (χ1) is 9.75. The van der Waals surface area contributed by atoms with Gasteiger partial charge in [0.15, 0.2) is 12.4 Å². The van der Waals surface area contributed by atoms with Crippen LogP contribution in [0.4, 0.5) is 4.79 Å². The first kappa shape index (κ1) is 13.8. The summed E-state index contributed by atoms with van der Waals surface area (Å²) in [4.78, 5) is 23.2. The van der Waals surface area contributed by atoms with Crippen molar-refractivity contribution in [1.29, 1.82) is 0 Å². The third-order valence-corrected chi connectivity index (χ3v) is 2.71. The van der Waals surface area contributed by atoms with Gasteiger partial charge in [0.05, 0.1) is 0 Å². The first-order valence-corrected chi connectivity index (χ1v) is 6.28. The van der Waals surface area contributed by atoms with E-state index in [4.69, 9.17) is 4.74 Å². The van der Waals surface area contributed by atoms with Crippen molar-refractivity contribution in [2.45, 2.75) is 6.54 Å². The number of hydrogen-bond donors (Lipinski definition) is 1. The number of benzene rings is 2. The Kier molecular flexibility index (Phi) is 4.89. The van der Waals surface area contributed by atoms with Gasteiger partial charge in [-0.15, -0.1) is 0 Å². The number of hydrogen-bond acceptors (Lipinski definition) is 3. The number of carbonyl (C=O) groups excluding carboxylic acids is 2. The topological polar surface area (TPSA) is 55.4 Å². The lowest BCUT2D eigenvalue weighted by Crippen LogP contribution is -2.26. The standard InChI is InChI=1S/C16H15NO3/c18-15(14-9-5-2-6-10-14)12-20-16(19)17-11-13-7-3-1-4-8-13/h1-10H,11-12H2,(H,17,19). The van der Waals surface area contributed by atoms with Crippen LogP contribution in [-0.2, 0) is 11.3 Å². The molecule has 4 heteroatoms. The number of ether oxygens (including phenoxy) is 1. The molecule has 2 rings (SSSR count). The molecule has 0 spiro atoms. The molecule has 0 saturated carbocycles. The van der Waals surface area contributed by atoms with Crippen LogP contribution in [-0.4, -0.2) is 18.5 Å². The highest BCUT2D eigenvalue weighted by molar-refractivity contribution is 5.97. The Morgan fingerprint density at radius 2 is 1.50 bits per heavy atom. The Bertz CT molecular complexity index is 567. The van der Waals surface area contributed by atoms with Crippen molar-refractivity contribution in [2.24, 2.45) is 0 Å². The van der Waals surface area contributed by atoms with E-state index in [1.165, 1.54) is 0 Å². The molecule has 0 atom stereocenters. The van der Waals surface area contributed by atoms with Crippen LogP contribution >= 0.6 is 0 Å². The predicted octanol–water partition coefficient (Wildman–Crippen LogP) is 2.80. The average Bonchev–Trinajstić information content (AvgIpc) is 2.52. The van der Waals surface area contributed by atoms with E-state index < -0.39 is 6.09 Å². The van der Waals surface area contributed by atoms with Crippen LogP contribution in [0, 0.1) is 0 Å². The summed E-state index contributed by atoms with van der Waals surface area (Å²) in [6, 6.07) is 18.2. The Morgan fingerprint density at radius 3 is 2.15 bits per heavy atom. The highest BCUT2D eigenvalue weighted by Gasteiger charge is 2.08. The first-order valence-electron chi connectivity index (χ1n) is 6.28. The lowest BCUT2D eigenvalue weighted by atomic mass is 10.1. The predicted molar refractivity (Wildman–Crippen MR) is 75.4 cm³/mol. The quantitative estimate of drug-likeness (QED) is 0.849. The van der Waals surface area contributed by atoms with Gasteiger partial charge >= 0.3 is 6.09 Å². The maximum Gasteiger partial charge on any atom is 0.407 e. The summed E-state index contributed by atoms with van der Waals surface area (Å²) >= 11 is 0. The number of nitrogens with one attached hydrogen (secondary N) is 1. The highest BCUT2D eigenvalue weighted by Crippen LogP contribution is 2.01. The van der Waals surface area contributed by atoms with Crippen molar-refractivity contribution in [3.05, 3.63) is 71.8 Å². The van der Waals surface area contributed by atoms with Crippen molar-refractivity contribution in [2.75, 3.05) is 6.61 Å². The fraction of sp³-hybridized carbons (Fsp3) is 0.125. The number of Topliss-reactive ketones (excluding diaryl/α,β-unsaturated/α-hetero) is 1. The zero-order chi connectivity index (χ0) is 14.2. The molecule has 0 aromatic heterocycles. The molecular formula is C16H15NO3. The highest BCUT2D eigenvalue weighted by atomic mass is 16.5. The molecule has 0 aliphatic heterocycles. The number of alkyl carbamates (subject to hydrolysis) is 1. The van der Waals surface area contributed by atoms with Gasteiger partial charge in [-0.3, -0.25) is 4.79 Å². The summed E-state index contributed by atoms with van der Waals surface area (Å²) in [6.07, 6.45) is -0.599. The van der Waals surface area contributed by atoms with E-state index in [0.717, 1.165) is 5.56 Å². The third-order valence-electron chi connectivity index (χ3n) is 2.71. The molecule has 0 aliphatic carbocycles. The second-order valence-electron chi connectivity index (χ2n) is 4.20. The van der Waals surface area contributed by atoms with Crippen LogP contribution in [0.1, 0.15) is 15.9 Å². The van der Waals surface area contributed by atoms with E-state index in [1.54, 1.807) is 24.3 Å². The van der Waals surface area contributed by atoms with Crippen molar-refractivity contribution in [1.82, 2.24) is 5.32 Å². The summed E-state index contributed by atoms with van der Waals surface area (Å²) in [5, 5.41) is 2.59. The van der Waals surface area contributed by atoms with Crippen LogP contribution in [0.5, 0.6) is 0 Å². The van der Waals surface area contributed by atoms with Crippen molar-refractivity contribution < 1.29 is 14.3 Å². The maximum absolute atomic E-state index is 11.7. The van der Waals surface area contributed by atoms with Crippen molar-refractivity contribution in [3.63, 3.8) is 0 Å². The minimum Gasteiger partial charge on any atom is -0.441 e. The van der Waals surface area contributed by atoms with E-state index in [-0.39, 0.29) is 12.4 Å². The summed E-state index contributed by atoms with van der Waals surface area (Å²) in [7, 11) is 0. The van der Waals surface area contributed by atoms with Crippen molar-refractivity contribution in [3.8, 4) is 0 Å². The summed E-state index contributed by atoms with van der Waals surface area (Å²) in [6.45, 7) is 0.115. The minimum atomic E-state index is -0.599. The molecule has 4 nitrogen and oxygen atoms in total. The van der Waals surface area contributed by atoms with Gasteiger partial charge < -0.3 is 10.1 Å². The molecule has 2 aromatic rings. The monoisotopic (exact) mass is 269 g/mol. The van der Waals surface area contributed by atoms with E-state index >= 15 is 0 Å². The third kappa shape index (κ3) is 4.24. The Morgan fingerprint density at radius 1 is 0.900 bits per heavy atom. The van der Waals surface area contributed by atoms with Gasteiger partial charge in [0.2, 0.25) is 0 Å². The average molecular weight is 269 g/mol. The summed E-state index contributed by atoms with van der Waals surface area (Å²) in [5.74, 6) is -0.222. The molecule has 1 amide bonds. The van der Waals surface area contributed by atoms with Gasteiger partial charge in [0.25, 0.3) is 0 Å².